The Morgan fingerprint density at radius 2 is 1.16 bits per heavy atom. The Balaban J connectivity index is 1.82. The molecule has 0 atom stereocenters. The summed E-state index contributed by atoms with van der Waals surface area (Å²) in [6, 6.07) is 16.5. The van der Waals surface area contributed by atoms with E-state index >= 15 is 0 Å². The first-order valence-electron chi connectivity index (χ1n) is 8.99. The minimum atomic E-state index is 0.857. The second-order valence-corrected chi connectivity index (χ2v) is 6.28. The van der Waals surface area contributed by atoms with E-state index in [0.29, 0.717) is 0 Å². The Kier molecular flexibility index (Phi) is 4.14. The molecule has 0 aliphatic rings. The lowest BCUT2D eigenvalue weighted by atomic mass is 10.3. The highest BCUT2D eigenvalue weighted by atomic mass is 15.3. The molecule has 5 nitrogen and oxygen atoms in total. The molecule has 0 aliphatic carbocycles. The van der Waals surface area contributed by atoms with Crippen LogP contribution in [0, 0.1) is 0 Å². The Labute approximate surface area is 147 Å². The van der Waals surface area contributed by atoms with Crippen molar-refractivity contribution >= 4 is 34.0 Å². The maximum Gasteiger partial charge on any atom is 0.210 e. The number of aryl methyl sites for hydroxylation is 2. The molecule has 0 unspecified atom stereocenters. The van der Waals surface area contributed by atoms with Gasteiger partial charge in [-0.2, -0.15) is 0 Å². The van der Waals surface area contributed by atoms with Gasteiger partial charge in [-0.1, -0.05) is 38.1 Å². The van der Waals surface area contributed by atoms with Crippen LogP contribution in [-0.4, -0.2) is 19.1 Å². The number of hydrogen-bond donors (Lipinski definition) is 1. The molecule has 4 aromatic rings. The fourth-order valence-corrected chi connectivity index (χ4v) is 3.34. The van der Waals surface area contributed by atoms with Crippen molar-refractivity contribution in [3.05, 3.63) is 48.5 Å². The normalized spacial score (nSPS) is 11.4. The van der Waals surface area contributed by atoms with E-state index in [9.17, 15) is 0 Å². The second-order valence-electron chi connectivity index (χ2n) is 6.28. The third-order valence-corrected chi connectivity index (χ3v) is 4.43. The zero-order valence-corrected chi connectivity index (χ0v) is 14.7. The molecule has 128 valence electrons. The lowest BCUT2D eigenvalue weighted by molar-refractivity contribution is 0.690. The molecule has 2 aromatic heterocycles. The summed E-state index contributed by atoms with van der Waals surface area (Å²) in [6.45, 7) is 6.23. The maximum absolute atomic E-state index is 4.80. The Morgan fingerprint density at radius 1 is 0.720 bits per heavy atom. The van der Waals surface area contributed by atoms with Crippen molar-refractivity contribution in [1.29, 1.82) is 0 Å². The van der Waals surface area contributed by atoms with E-state index in [1.54, 1.807) is 0 Å². The van der Waals surface area contributed by atoms with E-state index in [-0.39, 0.29) is 0 Å². The maximum atomic E-state index is 4.80. The van der Waals surface area contributed by atoms with Crippen molar-refractivity contribution in [2.45, 2.75) is 39.8 Å². The van der Waals surface area contributed by atoms with Gasteiger partial charge in [0, 0.05) is 13.1 Å². The first kappa shape index (κ1) is 15.7. The molecule has 0 bridgehead atoms. The van der Waals surface area contributed by atoms with Gasteiger partial charge in [0.05, 0.1) is 22.1 Å². The molecule has 4 rings (SSSR count). The van der Waals surface area contributed by atoms with Crippen LogP contribution in [-0.2, 0) is 13.1 Å². The van der Waals surface area contributed by atoms with Gasteiger partial charge in [0.2, 0.25) is 11.9 Å². The molecule has 0 fully saturated rings. The number of hydrogen-bond acceptors (Lipinski definition) is 3. The molecule has 0 amide bonds. The second kappa shape index (κ2) is 6.59. The van der Waals surface area contributed by atoms with E-state index in [2.05, 4.69) is 64.7 Å². The molecule has 2 aromatic carbocycles. The average molecular weight is 333 g/mol. The van der Waals surface area contributed by atoms with E-state index in [0.717, 1.165) is 59.9 Å². The van der Waals surface area contributed by atoms with E-state index < -0.39 is 0 Å². The van der Waals surface area contributed by atoms with Crippen LogP contribution in [0.5, 0.6) is 0 Å². The number of nitrogens with one attached hydrogen (secondary N) is 1. The van der Waals surface area contributed by atoms with Gasteiger partial charge in [-0.25, -0.2) is 9.97 Å². The lowest BCUT2D eigenvalue weighted by Crippen LogP contribution is -2.08. The molecule has 0 saturated heterocycles. The minimum Gasteiger partial charge on any atom is -0.310 e. The van der Waals surface area contributed by atoms with Gasteiger partial charge in [0.1, 0.15) is 0 Å². The summed E-state index contributed by atoms with van der Waals surface area (Å²) in [4.78, 5) is 9.59. The van der Waals surface area contributed by atoms with Gasteiger partial charge in [0.15, 0.2) is 0 Å². The number of fused-ring (bicyclic) bond motifs is 2. The molecule has 25 heavy (non-hydrogen) atoms. The summed E-state index contributed by atoms with van der Waals surface area (Å²) in [6.07, 6.45) is 2.11. The summed E-state index contributed by atoms with van der Waals surface area (Å²) < 4.78 is 4.48. The largest absolute Gasteiger partial charge is 0.310 e. The zero-order chi connectivity index (χ0) is 17.2. The number of para-hydroxylation sites is 4. The molecule has 2 heterocycles. The summed E-state index contributed by atoms with van der Waals surface area (Å²) in [5.41, 5.74) is 4.34. The molecule has 0 aliphatic heterocycles. The SMILES string of the molecule is CCCn1c(Nc2nc3ccccc3n2CCC)nc2ccccc21. The lowest BCUT2D eigenvalue weighted by Gasteiger charge is -2.11. The molecular weight excluding hydrogens is 310 g/mol. The van der Waals surface area contributed by atoms with Crippen molar-refractivity contribution in [3.63, 3.8) is 0 Å². The van der Waals surface area contributed by atoms with Crippen LogP contribution in [0.3, 0.4) is 0 Å². The smallest absolute Gasteiger partial charge is 0.210 e. The fourth-order valence-electron chi connectivity index (χ4n) is 3.34. The molecule has 1 N–H and O–H groups in total. The molecule has 5 heteroatoms. The zero-order valence-electron chi connectivity index (χ0n) is 14.7. The van der Waals surface area contributed by atoms with Gasteiger partial charge in [-0.15, -0.1) is 0 Å². The topological polar surface area (TPSA) is 47.7 Å². The quantitative estimate of drug-likeness (QED) is 0.543. The van der Waals surface area contributed by atoms with Crippen LogP contribution >= 0.6 is 0 Å². The number of aromatic nitrogens is 4. The summed E-state index contributed by atoms with van der Waals surface area (Å²) >= 11 is 0. The van der Waals surface area contributed by atoms with Crippen LogP contribution in [0.1, 0.15) is 26.7 Å². The number of nitrogens with zero attached hydrogens (tertiary/aromatic N) is 4. The highest BCUT2D eigenvalue weighted by Gasteiger charge is 2.14. The van der Waals surface area contributed by atoms with Crippen LogP contribution in [0.15, 0.2) is 48.5 Å². The van der Waals surface area contributed by atoms with Gasteiger partial charge >= 0.3 is 0 Å². The van der Waals surface area contributed by atoms with Gasteiger partial charge in [0.25, 0.3) is 0 Å². The average Bonchev–Trinajstić information content (AvgIpc) is 3.15. The van der Waals surface area contributed by atoms with Crippen molar-refractivity contribution < 1.29 is 0 Å². The van der Waals surface area contributed by atoms with Gasteiger partial charge < -0.3 is 9.13 Å². The summed E-state index contributed by atoms with van der Waals surface area (Å²) in [5, 5.41) is 3.49. The van der Waals surface area contributed by atoms with Crippen LogP contribution < -0.4 is 5.32 Å². The van der Waals surface area contributed by atoms with Gasteiger partial charge in [-0.05, 0) is 37.1 Å². The Hall–Kier alpha value is -2.82. The summed E-state index contributed by atoms with van der Waals surface area (Å²) in [5.74, 6) is 1.71. The molecular formula is C20H23N5. The molecule has 0 spiro atoms. The predicted octanol–water partition coefficient (Wildman–Crippen LogP) is 4.95. The molecule has 0 saturated carbocycles. The monoisotopic (exact) mass is 333 g/mol. The Morgan fingerprint density at radius 3 is 1.60 bits per heavy atom. The number of rotatable bonds is 6. The number of anilines is 2. The van der Waals surface area contributed by atoms with Crippen LogP contribution in [0.2, 0.25) is 0 Å². The standard InChI is InChI=1S/C20H23N5/c1-3-13-24-17-11-7-5-9-15(17)21-19(24)23-20-22-16-10-6-8-12-18(16)25(20)14-4-2/h5-12H,3-4,13-14H2,1-2H3,(H,21,22,23). The third-order valence-electron chi connectivity index (χ3n) is 4.43. The first-order valence-corrected chi connectivity index (χ1v) is 8.99. The number of imidazole rings is 2. The number of benzene rings is 2. The van der Waals surface area contributed by atoms with E-state index in [4.69, 9.17) is 9.97 Å². The van der Waals surface area contributed by atoms with E-state index in [1.807, 2.05) is 12.1 Å². The third kappa shape index (κ3) is 2.76. The van der Waals surface area contributed by atoms with Crippen LogP contribution in [0.4, 0.5) is 11.9 Å². The molecule has 0 radical (unpaired) electrons. The van der Waals surface area contributed by atoms with Crippen molar-refractivity contribution in [2.75, 3.05) is 5.32 Å². The highest BCUT2D eigenvalue weighted by molar-refractivity contribution is 5.82. The minimum absolute atomic E-state index is 0.857. The van der Waals surface area contributed by atoms with Crippen LogP contribution in [0.25, 0.3) is 22.1 Å². The first-order chi connectivity index (χ1) is 12.3. The van der Waals surface area contributed by atoms with E-state index in [1.165, 1.54) is 0 Å². The Bertz CT molecular complexity index is 929. The fraction of sp³-hybridized carbons (Fsp3) is 0.300. The van der Waals surface area contributed by atoms with Crippen molar-refractivity contribution in [1.82, 2.24) is 19.1 Å². The summed E-state index contributed by atoms with van der Waals surface area (Å²) in [7, 11) is 0. The van der Waals surface area contributed by atoms with Gasteiger partial charge in [-0.3, -0.25) is 5.32 Å². The van der Waals surface area contributed by atoms with Crippen molar-refractivity contribution in [3.8, 4) is 0 Å². The van der Waals surface area contributed by atoms with Crippen molar-refractivity contribution in [2.24, 2.45) is 0 Å². The predicted molar refractivity (Wildman–Crippen MR) is 103 cm³/mol. The highest BCUT2D eigenvalue weighted by Crippen LogP contribution is 2.26.